The predicted molar refractivity (Wildman–Crippen MR) is 96.6 cm³/mol. The van der Waals surface area contributed by atoms with Crippen molar-refractivity contribution in [2.24, 2.45) is 35.3 Å². The molecule has 0 aliphatic heterocycles. The van der Waals surface area contributed by atoms with Crippen molar-refractivity contribution in [3.8, 4) is 0 Å². The number of nitrogens with one attached hydrogen (secondary N) is 1. The van der Waals surface area contributed by atoms with Crippen molar-refractivity contribution in [3.05, 3.63) is 0 Å². The average molecular weight is 313 g/mol. The molecule has 3 heteroatoms. The van der Waals surface area contributed by atoms with Gasteiger partial charge in [-0.15, -0.1) is 0 Å². The third-order valence-electron chi connectivity index (χ3n) is 4.20. The Morgan fingerprint density at radius 1 is 0.864 bits per heavy atom. The number of carbonyl (C=O) groups is 1. The zero-order chi connectivity index (χ0) is 17.5. The molecule has 1 amide bonds. The van der Waals surface area contributed by atoms with Crippen molar-refractivity contribution in [1.29, 1.82) is 0 Å². The van der Waals surface area contributed by atoms with Crippen LogP contribution in [0.3, 0.4) is 0 Å². The van der Waals surface area contributed by atoms with Crippen LogP contribution in [-0.4, -0.2) is 18.0 Å². The topological polar surface area (TPSA) is 55.1 Å². The zero-order valence-corrected chi connectivity index (χ0v) is 16.2. The van der Waals surface area contributed by atoms with Gasteiger partial charge < -0.3 is 11.1 Å². The molecule has 1 unspecified atom stereocenters. The molecule has 0 rings (SSSR count). The number of nitrogens with two attached hydrogens (primary N) is 1. The van der Waals surface area contributed by atoms with Crippen molar-refractivity contribution in [1.82, 2.24) is 5.32 Å². The van der Waals surface area contributed by atoms with Gasteiger partial charge in [0.15, 0.2) is 0 Å². The zero-order valence-electron chi connectivity index (χ0n) is 16.2. The molecule has 0 heterocycles. The fourth-order valence-corrected chi connectivity index (χ4v) is 3.44. The van der Waals surface area contributed by atoms with Gasteiger partial charge in [-0.3, -0.25) is 4.79 Å². The lowest BCUT2D eigenvalue weighted by atomic mass is 9.70. The summed E-state index contributed by atoms with van der Waals surface area (Å²) in [6, 6.07) is 0. The quantitative estimate of drug-likeness (QED) is 0.600. The Labute approximate surface area is 138 Å². The van der Waals surface area contributed by atoms with Gasteiger partial charge >= 0.3 is 0 Å². The monoisotopic (exact) mass is 312 g/mol. The summed E-state index contributed by atoms with van der Waals surface area (Å²) >= 11 is 0. The van der Waals surface area contributed by atoms with E-state index in [9.17, 15) is 4.79 Å². The van der Waals surface area contributed by atoms with Gasteiger partial charge in [0.2, 0.25) is 5.91 Å². The Bertz CT molecular complexity index is 313. The number of primary amides is 1. The molecular weight excluding hydrogens is 272 g/mol. The second-order valence-electron chi connectivity index (χ2n) is 8.66. The molecule has 0 aromatic rings. The highest BCUT2D eigenvalue weighted by atomic mass is 16.1. The van der Waals surface area contributed by atoms with Crippen LogP contribution < -0.4 is 11.1 Å². The van der Waals surface area contributed by atoms with E-state index in [1.165, 1.54) is 0 Å². The van der Waals surface area contributed by atoms with E-state index in [1.807, 2.05) is 0 Å². The third-order valence-corrected chi connectivity index (χ3v) is 4.20. The van der Waals surface area contributed by atoms with Gasteiger partial charge in [-0.25, -0.2) is 0 Å². The summed E-state index contributed by atoms with van der Waals surface area (Å²) in [4.78, 5) is 12.5. The average Bonchev–Trinajstić information content (AvgIpc) is 2.31. The number of hydrogen-bond acceptors (Lipinski definition) is 2. The molecule has 3 N–H and O–H groups in total. The van der Waals surface area contributed by atoms with Crippen molar-refractivity contribution in [3.63, 3.8) is 0 Å². The molecule has 132 valence electrons. The number of carbonyl (C=O) groups excluding carboxylic acids is 1. The van der Waals surface area contributed by atoms with Gasteiger partial charge in [-0.05, 0) is 55.4 Å². The van der Waals surface area contributed by atoms with E-state index in [4.69, 9.17) is 5.73 Å². The van der Waals surface area contributed by atoms with E-state index < -0.39 is 5.54 Å². The minimum Gasteiger partial charge on any atom is -0.368 e. The largest absolute Gasteiger partial charge is 0.368 e. The van der Waals surface area contributed by atoms with Gasteiger partial charge in [0.05, 0.1) is 0 Å². The molecule has 1 atom stereocenters. The van der Waals surface area contributed by atoms with Crippen LogP contribution in [0.5, 0.6) is 0 Å². The lowest BCUT2D eigenvalue weighted by Gasteiger charge is -2.42. The van der Waals surface area contributed by atoms with Crippen molar-refractivity contribution in [2.45, 2.75) is 80.2 Å². The highest BCUT2D eigenvalue weighted by Gasteiger charge is 2.44. The number of rotatable bonds is 11. The summed E-state index contributed by atoms with van der Waals surface area (Å²) in [5, 5.41) is 3.60. The van der Waals surface area contributed by atoms with E-state index in [2.05, 4.69) is 60.7 Å². The summed E-state index contributed by atoms with van der Waals surface area (Å²) in [6.45, 7) is 18.5. The molecule has 22 heavy (non-hydrogen) atoms. The molecule has 0 saturated carbocycles. The lowest BCUT2D eigenvalue weighted by molar-refractivity contribution is -0.128. The van der Waals surface area contributed by atoms with E-state index in [0.717, 1.165) is 25.8 Å². The highest BCUT2D eigenvalue weighted by Crippen LogP contribution is 2.35. The minimum absolute atomic E-state index is 0.173. The minimum atomic E-state index is -0.576. The van der Waals surface area contributed by atoms with Crippen LogP contribution in [0.1, 0.15) is 74.7 Å². The van der Waals surface area contributed by atoms with Gasteiger partial charge in [0.1, 0.15) is 5.54 Å². The van der Waals surface area contributed by atoms with Crippen LogP contribution in [0, 0.1) is 29.6 Å². The predicted octanol–water partition coefficient (Wildman–Crippen LogP) is 4.21. The van der Waals surface area contributed by atoms with Crippen LogP contribution in [-0.2, 0) is 4.79 Å². The van der Waals surface area contributed by atoms with Gasteiger partial charge in [-0.1, -0.05) is 55.4 Å². The molecule has 0 aliphatic carbocycles. The van der Waals surface area contributed by atoms with Crippen molar-refractivity contribution in [2.75, 3.05) is 6.54 Å². The van der Waals surface area contributed by atoms with Gasteiger partial charge in [0, 0.05) is 0 Å². The number of hydrogen-bond donors (Lipinski definition) is 2. The maximum absolute atomic E-state index is 12.5. The molecule has 0 aliphatic rings. The summed E-state index contributed by atoms with van der Waals surface area (Å²) in [6.07, 6.45) is 2.90. The third kappa shape index (κ3) is 7.13. The first kappa shape index (κ1) is 21.4. The molecule has 0 bridgehead atoms. The molecule has 0 aromatic carbocycles. The van der Waals surface area contributed by atoms with E-state index in [1.54, 1.807) is 0 Å². The van der Waals surface area contributed by atoms with Gasteiger partial charge in [-0.2, -0.15) is 0 Å². The van der Waals surface area contributed by atoms with E-state index in [0.29, 0.717) is 29.6 Å². The van der Waals surface area contributed by atoms with E-state index >= 15 is 0 Å². The molecule has 0 spiro atoms. The fraction of sp³-hybridized carbons (Fsp3) is 0.947. The van der Waals surface area contributed by atoms with Crippen LogP contribution in [0.4, 0.5) is 0 Å². The molecular formula is C19H40N2O. The van der Waals surface area contributed by atoms with Crippen LogP contribution in [0.2, 0.25) is 0 Å². The van der Waals surface area contributed by atoms with Gasteiger partial charge in [0.25, 0.3) is 0 Å². The highest BCUT2D eigenvalue weighted by molar-refractivity contribution is 5.85. The second kappa shape index (κ2) is 9.54. The molecule has 0 fully saturated rings. The summed E-state index contributed by atoms with van der Waals surface area (Å²) in [5.74, 6) is 2.20. The molecule has 3 nitrogen and oxygen atoms in total. The Hall–Kier alpha value is -0.570. The Balaban J connectivity index is 5.62. The molecule has 0 aromatic heterocycles. The van der Waals surface area contributed by atoms with Crippen molar-refractivity contribution < 1.29 is 4.79 Å². The maximum Gasteiger partial charge on any atom is 0.238 e. The molecule has 0 saturated heterocycles. The van der Waals surface area contributed by atoms with Crippen LogP contribution in [0.25, 0.3) is 0 Å². The molecule has 0 radical (unpaired) electrons. The van der Waals surface area contributed by atoms with Crippen molar-refractivity contribution >= 4 is 5.91 Å². The first-order valence-corrected chi connectivity index (χ1v) is 9.06. The Morgan fingerprint density at radius 2 is 1.32 bits per heavy atom. The van der Waals surface area contributed by atoms with E-state index in [-0.39, 0.29) is 5.91 Å². The van der Waals surface area contributed by atoms with Crippen LogP contribution in [0.15, 0.2) is 0 Å². The first-order chi connectivity index (χ1) is 10.0. The summed E-state index contributed by atoms with van der Waals surface area (Å²) in [7, 11) is 0. The normalized spacial score (nSPS) is 15.3. The second-order valence-corrected chi connectivity index (χ2v) is 8.66. The lowest BCUT2D eigenvalue weighted by Crippen LogP contribution is -2.62. The maximum atomic E-state index is 12.5. The fourth-order valence-electron chi connectivity index (χ4n) is 3.44. The Kier molecular flexibility index (Phi) is 9.30. The summed E-state index contributed by atoms with van der Waals surface area (Å²) in [5.41, 5.74) is 5.38. The first-order valence-electron chi connectivity index (χ1n) is 9.06. The Morgan fingerprint density at radius 3 is 1.59 bits per heavy atom. The number of amides is 1. The summed E-state index contributed by atoms with van der Waals surface area (Å²) < 4.78 is 0. The SMILES string of the molecule is CC(C)CNC(CC(C)C)(C(N)=O)C(CC(C)C)CC(C)C. The smallest absolute Gasteiger partial charge is 0.238 e. The standard InChI is InChI=1S/C19H40N2O/c1-13(2)9-17(10-14(3)4)19(18(20)22,11-15(5)6)21-12-16(7)8/h13-17,21H,9-12H2,1-8H3,(H2,20,22). The van der Waals surface area contributed by atoms with Crippen LogP contribution >= 0.6 is 0 Å².